The van der Waals surface area contributed by atoms with Crippen molar-refractivity contribution in [3.05, 3.63) is 29.6 Å². The zero-order valence-electron chi connectivity index (χ0n) is 9.48. The number of rotatable bonds is 3. The van der Waals surface area contributed by atoms with Gasteiger partial charge in [0.15, 0.2) is 17.3 Å². The molecule has 1 aliphatic heterocycles. The maximum Gasteiger partial charge on any atom is 0.175 e. The lowest BCUT2D eigenvalue weighted by molar-refractivity contribution is 0.0891. The van der Waals surface area contributed by atoms with Crippen LogP contribution in [0.25, 0.3) is 0 Å². The van der Waals surface area contributed by atoms with E-state index < -0.39 is 11.7 Å². The van der Waals surface area contributed by atoms with Crippen molar-refractivity contribution >= 4 is 5.78 Å². The van der Waals surface area contributed by atoms with E-state index in [1.807, 2.05) is 0 Å². The Kier molecular flexibility index (Phi) is 3.40. The fourth-order valence-corrected chi connectivity index (χ4v) is 1.90. The van der Waals surface area contributed by atoms with E-state index in [2.05, 4.69) is 0 Å². The summed E-state index contributed by atoms with van der Waals surface area (Å²) in [7, 11) is 1.36. The van der Waals surface area contributed by atoms with Crippen molar-refractivity contribution in [2.75, 3.05) is 20.3 Å². The molecule has 2 unspecified atom stereocenters. The van der Waals surface area contributed by atoms with Crippen molar-refractivity contribution in [2.24, 2.45) is 11.7 Å². The Hall–Kier alpha value is -1.46. The number of Topliss-reactive ketones (excluding diaryl/α,β-unsaturated/α-hetero) is 1. The third-order valence-corrected chi connectivity index (χ3v) is 2.91. The number of methoxy groups -OCH3 is 1. The molecule has 5 heteroatoms. The monoisotopic (exact) mass is 239 g/mol. The van der Waals surface area contributed by atoms with Gasteiger partial charge in [-0.15, -0.1) is 0 Å². The van der Waals surface area contributed by atoms with Gasteiger partial charge in [-0.2, -0.15) is 0 Å². The van der Waals surface area contributed by atoms with Crippen LogP contribution in [-0.4, -0.2) is 32.1 Å². The summed E-state index contributed by atoms with van der Waals surface area (Å²) in [6, 6.07) is 4.12. The Labute approximate surface area is 98.5 Å². The molecule has 0 aromatic heterocycles. The Bertz CT molecular complexity index is 436. The van der Waals surface area contributed by atoms with Gasteiger partial charge in [0.05, 0.1) is 31.8 Å². The second kappa shape index (κ2) is 4.81. The molecule has 1 saturated heterocycles. The van der Waals surface area contributed by atoms with Crippen LogP contribution in [0.15, 0.2) is 18.2 Å². The van der Waals surface area contributed by atoms with Gasteiger partial charge in [0.2, 0.25) is 0 Å². The highest BCUT2D eigenvalue weighted by atomic mass is 19.1. The van der Waals surface area contributed by atoms with Crippen LogP contribution >= 0.6 is 0 Å². The van der Waals surface area contributed by atoms with E-state index in [-0.39, 0.29) is 29.7 Å². The van der Waals surface area contributed by atoms with Crippen LogP contribution in [0.5, 0.6) is 5.75 Å². The van der Waals surface area contributed by atoms with Gasteiger partial charge in [-0.25, -0.2) is 4.39 Å². The van der Waals surface area contributed by atoms with E-state index in [4.69, 9.17) is 15.2 Å². The van der Waals surface area contributed by atoms with E-state index >= 15 is 0 Å². The molecular formula is C12H14FNO3. The van der Waals surface area contributed by atoms with E-state index in [0.717, 1.165) is 0 Å². The summed E-state index contributed by atoms with van der Waals surface area (Å²) in [5.74, 6) is -1.38. The van der Waals surface area contributed by atoms with Crippen molar-refractivity contribution in [3.63, 3.8) is 0 Å². The molecule has 0 spiro atoms. The first-order valence-corrected chi connectivity index (χ1v) is 5.35. The number of ether oxygens (including phenoxy) is 2. The lowest BCUT2D eigenvalue weighted by atomic mass is 9.93. The first kappa shape index (κ1) is 12.0. The number of halogens is 1. The number of nitrogens with two attached hydrogens (primary N) is 1. The minimum Gasteiger partial charge on any atom is -0.494 e. The molecule has 0 aliphatic carbocycles. The van der Waals surface area contributed by atoms with E-state index in [9.17, 15) is 9.18 Å². The zero-order chi connectivity index (χ0) is 12.4. The second-order valence-electron chi connectivity index (χ2n) is 3.99. The number of benzene rings is 1. The smallest absolute Gasteiger partial charge is 0.175 e. The van der Waals surface area contributed by atoms with E-state index in [1.165, 1.54) is 19.2 Å². The highest BCUT2D eigenvalue weighted by Gasteiger charge is 2.33. The second-order valence-corrected chi connectivity index (χ2v) is 3.99. The van der Waals surface area contributed by atoms with Crippen molar-refractivity contribution < 1.29 is 18.7 Å². The normalized spacial score (nSPS) is 23.7. The van der Waals surface area contributed by atoms with Gasteiger partial charge in [-0.1, -0.05) is 6.07 Å². The molecular weight excluding hydrogens is 225 g/mol. The number of ketones is 1. The van der Waals surface area contributed by atoms with Crippen LogP contribution < -0.4 is 10.5 Å². The molecule has 1 fully saturated rings. The predicted octanol–water partition coefficient (Wildman–Crippen LogP) is 0.991. The van der Waals surface area contributed by atoms with Crippen LogP contribution in [0, 0.1) is 11.7 Å². The van der Waals surface area contributed by atoms with Gasteiger partial charge in [0.1, 0.15) is 0 Å². The summed E-state index contributed by atoms with van der Waals surface area (Å²) in [5.41, 5.74) is 5.75. The molecule has 92 valence electrons. The first-order chi connectivity index (χ1) is 8.15. The van der Waals surface area contributed by atoms with Crippen molar-refractivity contribution in [2.45, 2.75) is 6.04 Å². The summed E-state index contributed by atoms with van der Waals surface area (Å²) in [4.78, 5) is 12.1. The molecule has 17 heavy (non-hydrogen) atoms. The van der Waals surface area contributed by atoms with E-state index in [0.29, 0.717) is 6.61 Å². The van der Waals surface area contributed by atoms with Crippen LogP contribution in [0.1, 0.15) is 10.4 Å². The maximum atomic E-state index is 13.9. The summed E-state index contributed by atoms with van der Waals surface area (Å²) in [6.07, 6.45) is 0. The van der Waals surface area contributed by atoms with Crippen LogP contribution in [-0.2, 0) is 4.74 Å². The van der Waals surface area contributed by atoms with E-state index in [1.54, 1.807) is 6.07 Å². The lowest BCUT2D eigenvalue weighted by Gasteiger charge is -2.13. The van der Waals surface area contributed by atoms with Gasteiger partial charge in [0.25, 0.3) is 0 Å². The molecule has 1 aromatic rings. The van der Waals surface area contributed by atoms with Gasteiger partial charge < -0.3 is 15.2 Å². The summed E-state index contributed by atoms with van der Waals surface area (Å²) >= 11 is 0. The molecule has 2 rings (SSSR count). The molecule has 0 amide bonds. The SMILES string of the molecule is COc1cccc(C(=O)C2COCC2N)c1F. The average Bonchev–Trinajstić information content (AvgIpc) is 2.75. The highest BCUT2D eigenvalue weighted by Crippen LogP contribution is 2.24. The Morgan fingerprint density at radius 2 is 2.29 bits per heavy atom. The Morgan fingerprint density at radius 1 is 1.53 bits per heavy atom. The third-order valence-electron chi connectivity index (χ3n) is 2.91. The first-order valence-electron chi connectivity index (χ1n) is 5.35. The molecule has 1 aliphatic rings. The maximum absolute atomic E-state index is 13.9. The Balaban J connectivity index is 2.30. The molecule has 0 radical (unpaired) electrons. The van der Waals surface area contributed by atoms with Crippen molar-refractivity contribution in [1.29, 1.82) is 0 Å². The number of carbonyl (C=O) groups is 1. The van der Waals surface area contributed by atoms with Gasteiger partial charge in [0, 0.05) is 6.04 Å². The van der Waals surface area contributed by atoms with Crippen LogP contribution in [0.3, 0.4) is 0 Å². The summed E-state index contributed by atoms with van der Waals surface area (Å²) in [5, 5.41) is 0. The molecule has 0 bridgehead atoms. The third kappa shape index (κ3) is 2.16. The largest absolute Gasteiger partial charge is 0.494 e. The zero-order valence-corrected chi connectivity index (χ0v) is 9.48. The summed E-state index contributed by atoms with van der Waals surface area (Å²) in [6.45, 7) is 0.582. The van der Waals surface area contributed by atoms with Crippen LogP contribution in [0.4, 0.5) is 4.39 Å². The molecule has 1 heterocycles. The van der Waals surface area contributed by atoms with Crippen LogP contribution in [0.2, 0.25) is 0 Å². The lowest BCUT2D eigenvalue weighted by Crippen LogP contribution is -2.34. The fourth-order valence-electron chi connectivity index (χ4n) is 1.90. The molecule has 4 nitrogen and oxygen atoms in total. The molecule has 0 saturated carbocycles. The summed E-state index contributed by atoms with van der Waals surface area (Å²) < 4.78 is 23.8. The standard InChI is InChI=1S/C12H14FNO3/c1-16-10-4-2-3-7(11(10)13)12(15)8-5-17-6-9(8)14/h2-4,8-9H,5-6,14H2,1H3. The van der Waals surface area contributed by atoms with Crippen molar-refractivity contribution in [3.8, 4) is 5.75 Å². The average molecular weight is 239 g/mol. The predicted molar refractivity (Wildman–Crippen MR) is 59.6 cm³/mol. The molecule has 2 atom stereocenters. The Morgan fingerprint density at radius 3 is 2.88 bits per heavy atom. The molecule has 1 aromatic carbocycles. The topological polar surface area (TPSA) is 61.5 Å². The molecule has 2 N–H and O–H groups in total. The number of hydrogen-bond acceptors (Lipinski definition) is 4. The van der Waals surface area contributed by atoms with Gasteiger partial charge >= 0.3 is 0 Å². The van der Waals surface area contributed by atoms with Gasteiger partial charge in [-0.3, -0.25) is 4.79 Å². The minimum atomic E-state index is -0.640. The number of carbonyl (C=O) groups excluding carboxylic acids is 1. The highest BCUT2D eigenvalue weighted by molar-refractivity contribution is 5.99. The minimum absolute atomic E-state index is 0.00954. The quantitative estimate of drug-likeness (QED) is 0.799. The fraction of sp³-hybridized carbons (Fsp3) is 0.417. The van der Waals surface area contributed by atoms with Crippen molar-refractivity contribution in [1.82, 2.24) is 0 Å². The van der Waals surface area contributed by atoms with Gasteiger partial charge in [-0.05, 0) is 12.1 Å². The number of hydrogen-bond donors (Lipinski definition) is 1.